The maximum Gasteiger partial charge on any atom is 0.189 e. The van der Waals surface area contributed by atoms with Crippen molar-refractivity contribution in [3.8, 4) is 5.75 Å². The lowest BCUT2D eigenvalue weighted by Crippen LogP contribution is -2.14. The molecule has 0 aromatic heterocycles. The second-order valence-electron chi connectivity index (χ2n) is 3.28. The van der Waals surface area contributed by atoms with E-state index in [4.69, 9.17) is 15.4 Å². The number of benzene rings is 1. The molecule has 1 aliphatic heterocycles. The Kier molecular flexibility index (Phi) is 3.15. The summed E-state index contributed by atoms with van der Waals surface area (Å²) < 4.78 is 23.6. The molecule has 0 unspecified atom stereocenters. The van der Waals surface area contributed by atoms with Gasteiger partial charge in [-0.25, -0.2) is 10.3 Å². The Morgan fingerprint density at radius 2 is 2.33 bits per heavy atom. The second kappa shape index (κ2) is 4.57. The summed E-state index contributed by atoms with van der Waals surface area (Å²) >= 11 is 0. The van der Waals surface area contributed by atoms with Crippen LogP contribution in [0.3, 0.4) is 0 Å². The van der Waals surface area contributed by atoms with Crippen molar-refractivity contribution in [1.29, 1.82) is 0 Å². The summed E-state index contributed by atoms with van der Waals surface area (Å²) in [5.74, 6) is 5.33. The molecule has 0 radical (unpaired) electrons. The van der Waals surface area contributed by atoms with Crippen LogP contribution in [0.2, 0.25) is 0 Å². The maximum atomic E-state index is 13.2. The number of rotatable bonds is 3. The Bertz CT molecular complexity index is 357. The fourth-order valence-electron chi connectivity index (χ4n) is 1.61. The van der Waals surface area contributed by atoms with Gasteiger partial charge in [-0.2, -0.15) is 0 Å². The standard InChI is InChI=1S/C10H12FNO3/c11-9-3-7(1-2-15-12)10-8(4-9)5-13-6-14-10/h3-4H,1-2,5-6,12H2. The van der Waals surface area contributed by atoms with Crippen LogP contribution in [0, 0.1) is 5.82 Å². The van der Waals surface area contributed by atoms with Crippen LogP contribution in [-0.2, 0) is 22.6 Å². The molecule has 0 aliphatic carbocycles. The Hall–Kier alpha value is -1.17. The van der Waals surface area contributed by atoms with Crippen molar-refractivity contribution in [2.24, 2.45) is 5.90 Å². The zero-order chi connectivity index (χ0) is 10.7. The Morgan fingerprint density at radius 3 is 3.13 bits per heavy atom. The molecule has 1 heterocycles. The second-order valence-corrected chi connectivity index (χ2v) is 3.28. The van der Waals surface area contributed by atoms with E-state index in [0.29, 0.717) is 25.4 Å². The molecule has 0 atom stereocenters. The molecule has 0 fully saturated rings. The van der Waals surface area contributed by atoms with Crippen LogP contribution in [-0.4, -0.2) is 13.4 Å². The smallest absolute Gasteiger partial charge is 0.189 e. The largest absolute Gasteiger partial charge is 0.467 e. The number of halogens is 1. The van der Waals surface area contributed by atoms with Crippen molar-refractivity contribution in [3.63, 3.8) is 0 Å². The van der Waals surface area contributed by atoms with Gasteiger partial charge in [-0.05, 0) is 17.7 Å². The molecule has 0 saturated carbocycles. The first-order valence-corrected chi connectivity index (χ1v) is 4.65. The van der Waals surface area contributed by atoms with Crippen molar-refractivity contribution in [2.75, 3.05) is 13.4 Å². The van der Waals surface area contributed by atoms with E-state index in [1.807, 2.05) is 0 Å². The van der Waals surface area contributed by atoms with E-state index in [-0.39, 0.29) is 12.6 Å². The van der Waals surface area contributed by atoms with Crippen LogP contribution in [0.4, 0.5) is 4.39 Å². The third kappa shape index (κ3) is 2.26. The molecule has 0 saturated heterocycles. The highest BCUT2D eigenvalue weighted by Gasteiger charge is 2.16. The summed E-state index contributed by atoms with van der Waals surface area (Å²) in [6.07, 6.45) is 0.524. The molecule has 2 N–H and O–H groups in total. The summed E-state index contributed by atoms with van der Waals surface area (Å²) in [4.78, 5) is 4.47. The van der Waals surface area contributed by atoms with E-state index < -0.39 is 0 Å². The van der Waals surface area contributed by atoms with Gasteiger partial charge in [0.1, 0.15) is 11.6 Å². The summed E-state index contributed by atoms with van der Waals surface area (Å²) in [5.41, 5.74) is 1.49. The van der Waals surface area contributed by atoms with Gasteiger partial charge >= 0.3 is 0 Å². The SMILES string of the molecule is NOCCc1cc(F)cc2c1OCOC2. The van der Waals surface area contributed by atoms with Gasteiger partial charge in [0, 0.05) is 12.0 Å². The minimum Gasteiger partial charge on any atom is -0.467 e. The van der Waals surface area contributed by atoms with Gasteiger partial charge in [-0.1, -0.05) is 0 Å². The van der Waals surface area contributed by atoms with Gasteiger partial charge in [0.25, 0.3) is 0 Å². The minimum absolute atomic E-state index is 0.203. The van der Waals surface area contributed by atoms with Crippen LogP contribution >= 0.6 is 0 Å². The van der Waals surface area contributed by atoms with Crippen molar-refractivity contribution >= 4 is 0 Å². The summed E-state index contributed by atoms with van der Waals surface area (Å²) in [5, 5.41) is 0. The Morgan fingerprint density at radius 1 is 1.47 bits per heavy atom. The van der Waals surface area contributed by atoms with E-state index in [1.165, 1.54) is 12.1 Å². The molecule has 82 valence electrons. The van der Waals surface area contributed by atoms with Gasteiger partial charge in [0.2, 0.25) is 0 Å². The van der Waals surface area contributed by atoms with E-state index in [1.54, 1.807) is 0 Å². The Labute approximate surface area is 86.7 Å². The molecule has 2 rings (SSSR count). The molecule has 4 nitrogen and oxygen atoms in total. The lowest BCUT2D eigenvalue weighted by atomic mass is 10.1. The molecule has 0 amide bonds. The van der Waals surface area contributed by atoms with Crippen molar-refractivity contribution in [3.05, 3.63) is 29.1 Å². The molecule has 0 bridgehead atoms. The van der Waals surface area contributed by atoms with E-state index >= 15 is 0 Å². The first-order valence-electron chi connectivity index (χ1n) is 4.65. The highest BCUT2D eigenvalue weighted by molar-refractivity contribution is 5.42. The van der Waals surface area contributed by atoms with Crippen LogP contribution in [0.15, 0.2) is 12.1 Å². The lowest BCUT2D eigenvalue weighted by Gasteiger charge is -2.20. The van der Waals surface area contributed by atoms with Crippen molar-refractivity contribution in [1.82, 2.24) is 0 Å². The Balaban J connectivity index is 2.30. The number of nitrogens with two attached hydrogens (primary N) is 1. The normalized spacial score (nSPS) is 14.5. The minimum atomic E-state index is -0.296. The van der Waals surface area contributed by atoms with Crippen LogP contribution in [0.1, 0.15) is 11.1 Å². The van der Waals surface area contributed by atoms with Crippen molar-refractivity contribution in [2.45, 2.75) is 13.0 Å². The fraction of sp³-hybridized carbons (Fsp3) is 0.400. The van der Waals surface area contributed by atoms with E-state index in [9.17, 15) is 4.39 Å². The molecule has 0 spiro atoms. The van der Waals surface area contributed by atoms with Gasteiger partial charge in [-0.15, -0.1) is 0 Å². The maximum absolute atomic E-state index is 13.2. The summed E-state index contributed by atoms with van der Waals surface area (Å²) in [6.45, 7) is 0.915. The topological polar surface area (TPSA) is 53.7 Å². The zero-order valence-electron chi connectivity index (χ0n) is 8.16. The average molecular weight is 213 g/mol. The van der Waals surface area contributed by atoms with Gasteiger partial charge in [-0.3, -0.25) is 0 Å². The zero-order valence-corrected chi connectivity index (χ0v) is 8.16. The van der Waals surface area contributed by atoms with Gasteiger partial charge in [0.05, 0.1) is 13.2 Å². The highest BCUT2D eigenvalue weighted by Crippen LogP contribution is 2.29. The lowest BCUT2D eigenvalue weighted by molar-refractivity contribution is -0.0175. The molecular formula is C10H12FNO3. The number of hydrogen-bond acceptors (Lipinski definition) is 4. The summed E-state index contributed by atoms with van der Waals surface area (Å²) in [7, 11) is 0. The third-order valence-corrected chi connectivity index (χ3v) is 2.24. The number of ether oxygens (including phenoxy) is 2. The first kappa shape index (κ1) is 10.4. The van der Waals surface area contributed by atoms with Gasteiger partial charge in [0.15, 0.2) is 6.79 Å². The third-order valence-electron chi connectivity index (χ3n) is 2.24. The van der Waals surface area contributed by atoms with Crippen LogP contribution in [0.25, 0.3) is 0 Å². The molecule has 1 aromatic carbocycles. The average Bonchev–Trinajstić information content (AvgIpc) is 2.25. The van der Waals surface area contributed by atoms with E-state index in [0.717, 1.165) is 11.1 Å². The monoisotopic (exact) mass is 213 g/mol. The predicted molar refractivity (Wildman–Crippen MR) is 50.5 cm³/mol. The van der Waals surface area contributed by atoms with Gasteiger partial charge < -0.3 is 14.3 Å². The number of fused-ring (bicyclic) bond motifs is 1. The predicted octanol–water partition coefficient (Wildman–Crippen LogP) is 1.12. The number of hydrogen-bond donors (Lipinski definition) is 1. The van der Waals surface area contributed by atoms with E-state index in [2.05, 4.69) is 4.84 Å². The molecule has 1 aromatic rings. The van der Waals surface area contributed by atoms with Crippen molar-refractivity contribution < 1.29 is 18.7 Å². The molecule has 1 aliphatic rings. The quantitative estimate of drug-likeness (QED) is 0.764. The summed E-state index contributed by atoms with van der Waals surface area (Å²) in [6, 6.07) is 2.85. The fourth-order valence-corrected chi connectivity index (χ4v) is 1.61. The highest BCUT2D eigenvalue weighted by atomic mass is 19.1. The van der Waals surface area contributed by atoms with Crippen LogP contribution in [0.5, 0.6) is 5.75 Å². The molecule has 5 heteroatoms. The molecular weight excluding hydrogens is 201 g/mol. The first-order chi connectivity index (χ1) is 7.31. The van der Waals surface area contributed by atoms with Crippen LogP contribution < -0.4 is 10.6 Å². The molecule has 15 heavy (non-hydrogen) atoms.